The average Bonchev–Trinajstić information content (AvgIpc) is 3.08. The highest BCUT2D eigenvalue weighted by atomic mass is 35.5. The molecule has 21 heavy (non-hydrogen) atoms. The van der Waals surface area contributed by atoms with Crippen molar-refractivity contribution < 1.29 is 0 Å². The van der Waals surface area contributed by atoms with E-state index in [1.54, 1.807) is 24.4 Å². The molecule has 0 amide bonds. The summed E-state index contributed by atoms with van der Waals surface area (Å²) in [4.78, 5) is 0. The second-order valence-corrected chi connectivity index (χ2v) is 5.38. The third-order valence-electron chi connectivity index (χ3n) is 3.03. The molecule has 0 radical (unpaired) electrons. The van der Waals surface area contributed by atoms with Gasteiger partial charge in [-0.2, -0.15) is 5.10 Å². The molecule has 0 saturated carbocycles. The highest BCUT2D eigenvalue weighted by molar-refractivity contribution is 6.43. The molecule has 0 bridgehead atoms. The van der Waals surface area contributed by atoms with Crippen LogP contribution in [0.3, 0.4) is 0 Å². The minimum absolute atomic E-state index is 0.396. The van der Waals surface area contributed by atoms with Gasteiger partial charge in [-0.25, -0.2) is 10.2 Å². The summed E-state index contributed by atoms with van der Waals surface area (Å²) >= 11 is 18.7. The van der Waals surface area contributed by atoms with Crippen LogP contribution in [0.25, 0.3) is 5.69 Å². The number of hydrogen-bond donors (Lipinski definition) is 2. The molecule has 1 aromatic carbocycles. The first-order valence-corrected chi connectivity index (χ1v) is 7.31. The Morgan fingerprint density at radius 3 is 2.81 bits per heavy atom. The van der Waals surface area contributed by atoms with Gasteiger partial charge in [-0.3, -0.25) is 5.01 Å². The molecule has 0 fully saturated rings. The fourth-order valence-electron chi connectivity index (χ4n) is 1.99. The monoisotopic (exact) mass is 344 g/mol. The summed E-state index contributed by atoms with van der Waals surface area (Å²) in [6, 6.07) is 5.29. The van der Waals surface area contributed by atoms with E-state index in [0.29, 0.717) is 38.8 Å². The predicted octanol–water partition coefficient (Wildman–Crippen LogP) is 2.84. The topological polar surface area (TPSA) is 57.5 Å². The lowest BCUT2D eigenvalue weighted by Crippen LogP contribution is -2.40. The highest BCUT2D eigenvalue weighted by Crippen LogP contribution is 2.31. The van der Waals surface area contributed by atoms with Crippen molar-refractivity contribution in [3.63, 3.8) is 0 Å². The molecule has 0 spiro atoms. The van der Waals surface area contributed by atoms with Crippen molar-refractivity contribution in [3.8, 4) is 5.69 Å². The molecule has 3 rings (SSSR count). The Labute approximate surface area is 136 Å². The number of rotatable bonds is 3. The van der Waals surface area contributed by atoms with Gasteiger partial charge in [0, 0.05) is 6.54 Å². The number of hydrogen-bond acceptors (Lipinski definition) is 5. The van der Waals surface area contributed by atoms with Crippen LogP contribution in [0, 0.1) is 0 Å². The average molecular weight is 346 g/mol. The molecular formula is C12H11Cl3N6. The maximum atomic E-state index is 6.42. The fraction of sp³-hybridized carbons (Fsp3) is 0.167. The second-order valence-electron chi connectivity index (χ2n) is 4.24. The standard InChI is InChI=1S/C12H11Cl3N6/c1-2-20-12(17-18-19-20)7-6-16-21(11(7)15)9-5-3-4-8(13)10(9)14/h3-6,18-19H,2H2,1H3. The van der Waals surface area contributed by atoms with E-state index in [9.17, 15) is 0 Å². The van der Waals surface area contributed by atoms with Gasteiger partial charge in [0.2, 0.25) is 0 Å². The molecule has 0 saturated heterocycles. The number of nitrogens with one attached hydrogen (secondary N) is 2. The van der Waals surface area contributed by atoms with Gasteiger partial charge in [0.1, 0.15) is 5.15 Å². The SMILES string of the molecule is CCN1NNN=C1c1cnn(-c2cccc(Cl)c2Cl)c1Cl. The van der Waals surface area contributed by atoms with Gasteiger partial charge in [0.05, 0.1) is 27.5 Å². The predicted molar refractivity (Wildman–Crippen MR) is 83.8 cm³/mol. The molecular weight excluding hydrogens is 335 g/mol. The van der Waals surface area contributed by atoms with Gasteiger partial charge in [-0.1, -0.05) is 40.9 Å². The maximum absolute atomic E-state index is 6.42. The molecule has 2 heterocycles. The van der Waals surface area contributed by atoms with Crippen molar-refractivity contribution in [3.05, 3.63) is 45.2 Å². The molecule has 1 aromatic heterocycles. The fourth-order valence-corrected chi connectivity index (χ4v) is 2.64. The molecule has 9 heteroatoms. The molecule has 110 valence electrons. The zero-order chi connectivity index (χ0) is 15.0. The van der Waals surface area contributed by atoms with Crippen molar-refractivity contribution in [1.29, 1.82) is 0 Å². The molecule has 2 aromatic rings. The van der Waals surface area contributed by atoms with Crippen molar-refractivity contribution in [1.82, 2.24) is 25.9 Å². The lowest BCUT2D eigenvalue weighted by atomic mass is 10.3. The first-order valence-electron chi connectivity index (χ1n) is 6.17. The van der Waals surface area contributed by atoms with Crippen LogP contribution < -0.4 is 11.1 Å². The van der Waals surface area contributed by atoms with Gasteiger partial charge >= 0.3 is 0 Å². The number of halogens is 3. The quantitative estimate of drug-likeness (QED) is 0.898. The van der Waals surface area contributed by atoms with E-state index >= 15 is 0 Å². The Morgan fingerprint density at radius 2 is 2.05 bits per heavy atom. The molecule has 1 aliphatic heterocycles. The normalized spacial score (nSPS) is 14.3. The molecule has 0 aliphatic carbocycles. The van der Waals surface area contributed by atoms with Crippen LogP contribution in [-0.2, 0) is 0 Å². The van der Waals surface area contributed by atoms with Crippen molar-refractivity contribution in [2.45, 2.75) is 6.92 Å². The van der Waals surface area contributed by atoms with Crippen LogP contribution in [0.4, 0.5) is 0 Å². The van der Waals surface area contributed by atoms with Crippen LogP contribution in [0.5, 0.6) is 0 Å². The van der Waals surface area contributed by atoms with Crippen LogP contribution in [0.15, 0.2) is 29.5 Å². The second kappa shape index (κ2) is 5.73. The summed E-state index contributed by atoms with van der Waals surface area (Å²) in [7, 11) is 0. The van der Waals surface area contributed by atoms with E-state index in [4.69, 9.17) is 34.8 Å². The third kappa shape index (κ3) is 2.44. The summed E-state index contributed by atoms with van der Waals surface area (Å²) in [5.41, 5.74) is 6.88. The molecule has 0 atom stereocenters. The lowest BCUT2D eigenvalue weighted by molar-refractivity contribution is 0.308. The first kappa shape index (κ1) is 14.5. The number of hydrazone groups is 1. The van der Waals surface area contributed by atoms with Crippen molar-refractivity contribution >= 4 is 40.6 Å². The smallest absolute Gasteiger partial charge is 0.177 e. The first-order chi connectivity index (χ1) is 10.1. The Bertz CT molecular complexity index is 711. The van der Waals surface area contributed by atoms with Gasteiger partial charge in [0.15, 0.2) is 5.84 Å². The van der Waals surface area contributed by atoms with E-state index in [1.165, 1.54) is 4.68 Å². The Balaban J connectivity index is 2.06. The summed E-state index contributed by atoms with van der Waals surface area (Å²) in [6.07, 6.45) is 1.63. The largest absolute Gasteiger partial charge is 0.271 e. The van der Waals surface area contributed by atoms with Crippen molar-refractivity contribution in [2.24, 2.45) is 5.10 Å². The number of aromatic nitrogens is 2. The third-order valence-corrected chi connectivity index (χ3v) is 4.20. The van der Waals surface area contributed by atoms with E-state index in [-0.39, 0.29) is 0 Å². The number of hydrazine groups is 2. The number of nitrogens with zero attached hydrogens (tertiary/aromatic N) is 4. The van der Waals surface area contributed by atoms with Crippen LogP contribution in [0.1, 0.15) is 12.5 Å². The van der Waals surface area contributed by atoms with E-state index in [2.05, 4.69) is 21.3 Å². The Kier molecular flexibility index (Phi) is 3.95. The lowest BCUT2D eigenvalue weighted by Gasteiger charge is -2.15. The highest BCUT2D eigenvalue weighted by Gasteiger charge is 2.23. The van der Waals surface area contributed by atoms with Crippen LogP contribution in [0.2, 0.25) is 15.2 Å². The van der Waals surface area contributed by atoms with Crippen LogP contribution >= 0.6 is 34.8 Å². The van der Waals surface area contributed by atoms with Gasteiger partial charge in [-0.15, -0.1) is 10.6 Å². The van der Waals surface area contributed by atoms with E-state index < -0.39 is 0 Å². The number of benzene rings is 1. The summed E-state index contributed by atoms with van der Waals surface area (Å²) in [5.74, 6) is 0.659. The summed E-state index contributed by atoms with van der Waals surface area (Å²) in [5, 5.41) is 11.5. The van der Waals surface area contributed by atoms with Gasteiger partial charge < -0.3 is 0 Å². The van der Waals surface area contributed by atoms with Crippen molar-refractivity contribution in [2.75, 3.05) is 6.54 Å². The zero-order valence-electron chi connectivity index (χ0n) is 10.9. The Hall–Kier alpha value is -1.47. The summed E-state index contributed by atoms with van der Waals surface area (Å²) in [6.45, 7) is 2.70. The van der Waals surface area contributed by atoms with Gasteiger partial charge in [-0.05, 0) is 19.1 Å². The number of amidine groups is 1. The van der Waals surface area contributed by atoms with Gasteiger partial charge in [0.25, 0.3) is 0 Å². The van der Waals surface area contributed by atoms with Crippen LogP contribution in [-0.4, -0.2) is 27.2 Å². The minimum atomic E-state index is 0.396. The maximum Gasteiger partial charge on any atom is 0.177 e. The Morgan fingerprint density at radius 1 is 1.24 bits per heavy atom. The summed E-state index contributed by atoms with van der Waals surface area (Å²) < 4.78 is 1.53. The molecule has 2 N–H and O–H groups in total. The molecule has 0 unspecified atom stereocenters. The van der Waals surface area contributed by atoms with E-state index in [0.717, 1.165) is 0 Å². The molecule has 1 aliphatic rings. The van der Waals surface area contributed by atoms with E-state index in [1.807, 2.05) is 11.9 Å². The zero-order valence-corrected chi connectivity index (χ0v) is 13.2. The molecule has 6 nitrogen and oxygen atoms in total. The minimum Gasteiger partial charge on any atom is -0.271 e.